The van der Waals surface area contributed by atoms with Crippen LogP contribution in [0.3, 0.4) is 0 Å². The van der Waals surface area contributed by atoms with Crippen LogP contribution < -0.4 is 10.6 Å². The zero-order valence-electron chi connectivity index (χ0n) is 15.8. The Bertz CT molecular complexity index is 505. The van der Waals surface area contributed by atoms with Crippen LogP contribution in [0.2, 0.25) is 0 Å². The van der Waals surface area contributed by atoms with E-state index in [1.54, 1.807) is 0 Å². The standard InChI is InChI=1S/C19H31N3OS2.HI/c1-3-20-18(21-12-15-24-17-8-6-5-7-9-17)22-16-19(25-4-2)10-13-23-14-11-19;/h5-9H,3-4,10-16H2,1-2H3,(H2,20,21,22);1H. The molecule has 1 aromatic carbocycles. The smallest absolute Gasteiger partial charge is 0.191 e. The topological polar surface area (TPSA) is 45.7 Å². The van der Waals surface area contributed by atoms with Gasteiger partial charge in [-0.1, -0.05) is 25.1 Å². The van der Waals surface area contributed by atoms with Crippen molar-refractivity contribution in [2.75, 3.05) is 44.4 Å². The lowest BCUT2D eigenvalue weighted by Gasteiger charge is -2.35. The maximum atomic E-state index is 5.55. The molecule has 0 radical (unpaired) electrons. The van der Waals surface area contributed by atoms with E-state index in [9.17, 15) is 0 Å². The molecule has 0 saturated carbocycles. The average Bonchev–Trinajstić information content (AvgIpc) is 2.65. The molecule has 1 aliphatic heterocycles. The van der Waals surface area contributed by atoms with E-state index in [0.717, 1.165) is 63.2 Å². The van der Waals surface area contributed by atoms with Crippen molar-refractivity contribution in [3.8, 4) is 0 Å². The number of nitrogens with zero attached hydrogens (tertiary/aromatic N) is 1. The lowest BCUT2D eigenvalue weighted by atomic mass is 9.99. The van der Waals surface area contributed by atoms with E-state index in [2.05, 4.69) is 54.8 Å². The fourth-order valence-electron chi connectivity index (χ4n) is 2.82. The van der Waals surface area contributed by atoms with Gasteiger partial charge in [-0.05, 0) is 37.7 Å². The predicted molar refractivity (Wildman–Crippen MR) is 127 cm³/mol. The number of halogens is 1. The first kappa shape index (κ1) is 23.9. The number of hydrogen-bond donors (Lipinski definition) is 2. The minimum absolute atomic E-state index is 0. The number of thioether (sulfide) groups is 2. The lowest BCUT2D eigenvalue weighted by molar-refractivity contribution is 0.0793. The van der Waals surface area contributed by atoms with E-state index in [0.29, 0.717) is 0 Å². The Morgan fingerprint density at radius 2 is 1.88 bits per heavy atom. The molecule has 0 spiro atoms. The fraction of sp³-hybridized carbons (Fsp3) is 0.632. The number of aliphatic imine (C=N–C) groups is 1. The maximum absolute atomic E-state index is 5.55. The van der Waals surface area contributed by atoms with E-state index in [1.807, 2.05) is 23.5 Å². The number of benzene rings is 1. The van der Waals surface area contributed by atoms with Gasteiger partial charge in [-0.15, -0.1) is 35.7 Å². The molecule has 0 aromatic heterocycles. The van der Waals surface area contributed by atoms with Gasteiger partial charge in [0.25, 0.3) is 0 Å². The number of ether oxygens (including phenoxy) is 1. The van der Waals surface area contributed by atoms with Gasteiger partial charge in [0.05, 0.1) is 6.54 Å². The molecule has 0 atom stereocenters. The molecular formula is C19H32IN3OS2. The Labute approximate surface area is 184 Å². The summed E-state index contributed by atoms with van der Waals surface area (Å²) < 4.78 is 5.80. The number of nitrogens with one attached hydrogen (secondary N) is 2. The quantitative estimate of drug-likeness (QED) is 0.171. The van der Waals surface area contributed by atoms with Gasteiger partial charge in [0.1, 0.15) is 0 Å². The summed E-state index contributed by atoms with van der Waals surface area (Å²) in [5.41, 5.74) is 0. The van der Waals surface area contributed by atoms with Crippen molar-refractivity contribution >= 4 is 53.5 Å². The van der Waals surface area contributed by atoms with Crippen molar-refractivity contribution in [2.45, 2.75) is 36.3 Å². The van der Waals surface area contributed by atoms with Crippen LogP contribution in [-0.4, -0.2) is 55.1 Å². The molecule has 0 bridgehead atoms. The number of hydrogen-bond acceptors (Lipinski definition) is 4. The molecule has 1 saturated heterocycles. The first-order valence-corrected chi connectivity index (χ1v) is 11.2. The van der Waals surface area contributed by atoms with Gasteiger partial charge in [-0.25, -0.2) is 0 Å². The lowest BCUT2D eigenvalue weighted by Crippen LogP contribution is -2.41. The summed E-state index contributed by atoms with van der Waals surface area (Å²) in [6, 6.07) is 10.5. The third-order valence-corrected chi connectivity index (χ3v) is 6.58. The summed E-state index contributed by atoms with van der Waals surface area (Å²) in [6.07, 6.45) is 2.19. The largest absolute Gasteiger partial charge is 0.381 e. The van der Waals surface area contributed by atoms with Crippen LogP contribution in [-0.2, 0) is 4.74 Å². The highest BCUT2D eigenvalue weighted by Crippen LogP contribution is 2.35. The van der Waals surface area contributed by atoms with Gasteiger partial charge in [-0.3, -0.25) is 4.99 Å². The molecule has 148 valence electrons. The molecule has 0 unspecified atom stereocenters. The van der Waals surface area contributed by atoms with E-state index in [-0.39, 0.29) is 28.7 Å². The molecule has 1 fully saturated rings. The van der Waals surface area contributed by atoms with Crippen molar-refractivity contribution in [3.05, 3.63) is 30.3 Å². The predicted octanol–water partition coefficient (Wildman–Crippen LogP) is 4.25. The van der Waals surface area contributed by atoms with Crippen LogP contribution in [0.5, 0.6) is 0 Å². The highest BCUT2D eigenvalue weighted by atomic mass is 127. The van der Waals surface area contributed by atoms with Gasteiger partial charge in [0.15, 0.2) is 5.96 Å². The summed E-state index contributed by atoms with van der Waals surface area (Å²) in [4.78, 5) is 6.19. The minimum atomic E-state index is 0. The SMILES string of the molecule is CCNC(=NCC1(SCC)CCOCC1)NCCSc1ccccc1.I. The Balaban J connectivity index is 0.00000338. The van der Waals surface area contributed by atoms with Crippen LogP contribution in [0, 0.1) is 0 Å². The highest BCUT2D eigenvalue weighted by molar-refractivity contribution is 14.0. The summed E-state index contributed by atoms with van der Waals surface area (Å²) in [5.74, 6) is 3.09. The Morgan fingerprint density at radius 3 is 2.54 bits per heavy atom. The van der Waals surface area contributed by atoms with Crippen LogP contribution in [0.25, 0.3) is 0 Å². The fourth-order valence-corrected chi connectivity index (χ4v) is 4.83. The zero-order valence-corrected chi connectivity index (χ0v) is 19.8. The maximum Gasteiger partial charge on any atom is 0.191 e. The third-order valence-electron chi connectivity index (χ3n) is 4.13. The van der Waals surface area contributed by atoms with Crippen molar-refractivity contribution in [2.24, 2.45) is 4.99 Å². The summed E-state index contributed by atoms with van der Waals surface area (Å²) in [7, 11) is 0. The van der Waals surface area contributed by atoms with Gasteiger partial charge in [0.2, 0.25) is 0 Å². The molecular weight excluding hydrogens is 477 g/mol. The third kappa shape index (κ3) is 8.71. The van der Waals surface area contributed by atoms with Crippen LogP contribution in [0.4, 0.5) is 0 Å². The summed E-state index contributed by atoms with van der Waals surface area (Å²) in [5, 5.41) is 6.84. The molecule has 7 heteroatoms. The van der Waals surface area contributed by atoms with Crippen LogP contribution in [0.1, 0.15) is 26.7 Å². The molecule has 1 heterocycles. The van der Waals surface area contributed by atoms with Crippen molar-refractivity contribution in [3.63, 3.8) is 0 Å². The molecule has 1 aromatic rings. The second-order valence-corrected chi connectivity index (χ2v) is 8.91. The second-order valence-electron chi connectivity index (χ2n) is 6.01. The minimum Gasteiger partial charge on any atom is -0.381 e. The second kappa shape index (κ2) is 14.0. The number of guanidine groups is 1. The summed E-state index contributed by atoms with van der Waals surface area (Å²) in [6.45, 7) is 8.71. The molecule has 1 aliphatic rings. The average molecular weight is 510 g/mol. The van der Waals surface area contributed by atoms with Crippen LogP contribution >= 0.6 is 47.5 Å². The first-order chi connectivity index (χ1) is 12.3. The number of rotatable bonds is 9. The molecule has 2 N–H and O–H groups in total. The molecule has 2 rings (SSSR count). The van der Waals surface area contributed by atoms with Gasteiger partial charge >= 0.3 is 0 Å². The van der Waals surface area contributed by atoms with E-state index in [4.69, 9.17) is 9.73 Å². The zero-order chi connectivity index (χ0) is 17.8. The van der Waals surface area contributed by atoms with Crippen molar-refractivity contribution in [1.29, 1.82) is 0 Å². The monoisotopic (exact) mass is 509 g/mol. The Kier molecular flexibility index (Phi) is 12.8. The van der Waals surface area contributed by atoms with Crippen LogP contribution in [0.15, 0.2) is 40.2 Å². The summed E-state index contributed by atoms with van der Waals surface area (Å²) >= 11 is 3.91. The molecule has 26 heavy (non-hydrogen) atoms. The van der Waals surface area contributed by atoms with E-state index >= 15 is 0 Å². The molecule has 0 amide bonds. The normalized spacial score (nSPS) is 16.6. The Morgan fingerprint density at radius 1 is 1.15 bits per heavy atom. The molecule has 4 nitrogen and oxygen atoms in total. The Hall–Kier alpha value is -0.120. The first-order valence-electron chi connectivity index (χ1n) is 9.20. The van der Waals surface area contributed by atoms with E-state index in [1.165, 1.54) is 4.90 Å². The van der Waals surface area contributed by atoms with Crippen molar-refractivity contribution < 1.29 is 4.74 Å². The molecule has 0 aliphatic carbocycles. The van der Waals surface area contributed by atoms with Gasteiger partial charge < -0.3 is 15.4 Å². The highest BCUT2D eigenvalue weighted by Gasteiger charge is 2.32. The van der Waals surface area contributed by atoms with E-state index < -0.39 is 0 Å². The van der Waals surface area contributed by atoms with Gasteiger partial charge in [-0.2, -0.15) is 11.8 Å². The van der Waals surface area contributed by atoms with Crippen molar-refractivity contribution in [1.82, 2.24) is 10.6 Å². The van der Waals surface area contributed by atoms with Gasteiger partial charge in [0, 0.05) is 41.7 Å².